The van der Waals surface area contributed by atoms with E-state index >= 15 is 0 Å². The molecule has 40 heavy (non-hydrogen) atoms. The number of carbonyl (C=O) groups excluding carboxylic acids is 1. The van der Waals surface area contributed by atoms with Crippen molar-refractivity contribution in [2.45, 2.75) is 57.3 Å². The molecule has 2 fully saturated rings. The molecule has 0 radical (unpaired) electrons. The molecule has 0 bridgehead atoms. The zero-order chi connectivity index (χ0) is 27.7. The summed E-state index contributed by atoms with van der Waals surface area (Å²) in [6.07, 6.45) is 6.03. The van der Waals surface area contributed by atoms with Crippen LogP contribution in [0.1, 0.15) is 61.6 Å². The van der Waals surface area contributed by atoms with Crippen molar-refractivity contribution >= 4 is 16.8 Å². The summed E-state index contributed by atoms with van der Waals surface area (Å²) in [6, 6.07) is 19.4. The van der Waals surface area contributed by atoms with E-state index < -0.39 is 5.60 Å². The molecule has 8 nitrogen and oxygen atoms in total. The first kappa shape index (κ1) is 26.5. The number of rotatable bonds is 9. The van der Waals surface area contributed by atoms with Crippen LogP contribution >= 0.6 is 0 Å². The summed E-state index contributed by atoms with van der Waals surface area (Å²) in [5.74, 6) is 1.17. The second kappa shape index (κ2) is 11.0. The van der Waals surface area contributed by atoms with Crippen LogP contribution in [0.4, 0.5) is 0 Å². The number of aromatic nitrogens is 3. The Morgan fingerprint density at radius 2 is 1.88 bits per heavy atom. The predicted octanol–water partition coefficient (Wildman–Crippen LogP) is 5.12. The van der Waals surface area contributed by atoms with E-state index in [1.807, 2.05) is 74.5 Å². The summed E-state index contributed by atoms with van der Waals surface area (Å²) in [4.78, 5) is 20.1. The smallest absolute Gasteiger partial charge is 0.251 e. The Labute approximate surface area is 234 Å². The van der Waals surface area contributed by atoms with E-state index in [9.17, 15) is 9.90 Å². The number of nitrogens with zero attached hydrogens (tertiary/aromatic N) is 3. The third-order valence-electron chi connectivity index (χ3n) is 7.79. The number of hydrogen-bond donors (Lipinski definition) is 3. The minimum absolute atomic E-state index is 0.0745. The van der Waals surface area contributed by atoms with Crippen molar-refractivity contribution < 1.29 is 14.6 Å². The minimum Gasteiger partial charge on any atom is -0.490 e. The fraction of sp³-hybridized carbons (Fsp3) is 0.406. The molecule has 3 heterocycles. The molecule has 3 N–H and O–H groups in total. The van der Waals surface area contributed by atoms with Crippen molar-refractivity contribution in [2.24, 2.45) is 5.92 Å². The summed E-state index contributed by atoms with van der Waals surface area (Å²) < 4.78 is 6.27. The van der Waals surface area contributed by atoms with E-state index in [1.165, 1.54) is 0 Å². The van der Waals surface area contributed by atoms with E-state index in [1.54, 1.807) is 6.20 Å². The highest BCUT2D eigenvalue weighted by atomic mass is 16.5. The van der Waals surface area contributed by atoms with Crippen LogP contribution in [-0.2, 0) is 0 Å². The third kappa shape index (κ3) is 6.18. The van der Waals surface area contributed by atoms with Crippen molar-refractivity contribution in [2.75, 3.05) is 19.6 Å². The van der Waals surface area contributed by atoms with Gasteiger partial charge in [-0.05, 0) is 100 Å². The Morgan fingerprint density at radius 3 is 2.55 bits per heavy atom. The summed E-state index contributed by atoms with van der Waals surface area (Å²) >= 11 is 0. The van der Waals surface area contributed by atoms with Gasteiger partial charge in [0.2, 0.25) is 0 Å². The summed E-state index contributed by atoms with van der Waals surface area (Å²) in [5, 5.41) is 21.9. The molecule has 1 aliphatic carbocycles. The van der Waals surface area contributed by atoms with Gasteiger partial charge in [-0.25, -0.2) is 0 Å². The average Bonchev–Trinajstić information content (AvgIpc) is 3.71. The summed E-state index contributed by atoms with van der Waals surface area (Å²) in [6.45, 7) is 6.23. The highest BCUT2D eigenvalue weighted by Gasteiger charge is 2.34. The number of nitrogens with one attached hydrogen (secondary N) is 2. The maximum absolute atomic E-state index is 13.3. The van der Waals surface area contributed by atoms with Crippen molar-refractivity contribution in [3.63, 3.8) is 0 Å². The molecule has 8 heteroatoms. The fourth-order valence-corrected chi connectivity index (χ4v) is 5.64. The van der Waals surface area contributed by atoms with Crippen LogP contribution in [0.2, 0.25) is 0 Å². The van der Waals surface area contributed by atoms with Crippen molar-refractivity contribution in [3.05, 3.63) is 78.1 Å². The molecule has 2 aromatic carbocycles. The molecule has 1 saturated heterocycles. The van der Waals surface area contributed by atoms with Gasteiger partial charge in [-0.15, -0.1) is 0 Å². The number of pyridine rings is 1. The van der Waals surface area contributed by atoms with Crippen molar-refractivity contribution in [1.29, 1.82) is 0 Å². The van der Waals surface area contributed by atoms with Gasteiger partial charge in [0.25, 0.3) is 5.91 Å². The zero-order valence-corrected chi connectivity index (χ0v) is 23.1. The molecule has 1 atom stereocenters. The van der Waals surface area contributed by atoms with E-state index in [2.05, 4.69) is 25.4 Å². The molecule has 208 valence electrons. The monoisotopic (exact) mass is 539 g/mol. The second-order valence-corrected chi connectivity index (χ2v) is 11.8. The lowest BCUT2D eigenvalue weighted by atomic mass is 10.0. The van der Waals surface area contributed by atoms with Crippen LogP contribution in [-0.4, -0.2) is 62.4 Å². The van der Waals surface area contributed by atoms with Gasteiger partial charge in [-0.1, -0.05) is 6.07 Å². The number of amides is 1. The molecule has 2 aliphatic rings. The number of fused-ring (bicyclic) bond motifs is 1. The average molecular weight is 540 g/mol. The second-order valence-electron chi connectivity index (χ2n) is 11.8. The number of hydrogen-bond acceptors (Lipinski definition) is 6. The van der Waals surface area contributed by atoms with Crippen molar-refractivity contribution in [1.82, 2.24) is 25.4 Å². The number of benzene rings is 2. The highest BCUT2D eigenvalue weighted by Crippen LogP contribution is 2.40. The third-order valence-corrected chi connectivity index (χ3v) is 7.79. The molecule has 1 saturated carbocycles. The normalized spacial score (nSPS) is 17.6. The number of likely N-dealkylation sites (tertiary alicyclic amines) is 1. The standard InChI is InChI=1S/C32H37N5O3/c1-32(2,39)20-37-17-14-25(15-18-37)40-24-11-8-21(9-12-24)29-26-19-23(10-13-27(26)35-36-29)31(38)34-30(22-6-7-22)28-5-3-4-16-33-28/h3-5,8-13,16,19,22,25,30,39H,6-7,14-15,17-18,20H2,1-2H3,(H,34,38)(H,35,36). The number of ether oxygens (including phenoxy) is 1. The quantitative estimate of drug-likeness (QED) is 0.273. The lowest BCUT2D eigenvalue weighted by Crippen LogP contribution is -2.45. The Bertz CT molecular complexity index is 1450. The molecule has 2 aromatic heterocycles. The molecular formula is C32H37N5O3. The largest absolute Gasteiger partial charge is 0.490 e. The topological polar surface area (TPSA) is 103 Å². The van der Waals surface area contributed by atoms with Gasteiger partial charge in [0, 0.05) is 42.3 Å². The van der Waals surface area contributed by atoms with Gasteiger partial charge in [0.05, 0.1) is 28.5 Å². The Hall–Kier alpha value is -3.75. The Kier molecular flexibility index (Phi) is 7.29. The first-order valence-electron chi connectivity index (χ1n) is 14.2. The zero-order valence-electron chi connectivity index (χ0n) is 23.1. The van der Waals surface area contributed by atoms with Gasteiger partial charge >= 0.3 is 0 Å². The van der Waals surface area contributed by atoms with Crippen LogP contribution in [0.5, 0.6) is 5.75 Å². The number of carbonyl (C=O) groups is 1. The van der Waals surface area contributed by atoms with Gasteiger partial charge in [0.15, 0.2) is 0 Å². The molecule has 1 aliphatic heterocycles. The Balaban J connectivity index is 1.13. The highest BCUT2D eigenvalue weighted by molar-refractivity contribution is 6.01. The molecule has 0 spiro atoms. The van der Waals surface area contributed by atoms with E-state index in [4.69, 9.17) is 4.74 Å². The molecule has 1 unspecified atom stereocenters. The maximum atomic E-state index is 13.3. The molecular weight excluding hydrogens is 502 g/mol. The minimum atomic E-state index is -0.677. The number of β-amino-alcohol motifs (C(OH)–C–C–N with tert-alkyl or cyclic N) is 1. The number of piperidine rings is 1. The SMILES string of the molecule is CC(C)(O)CN1CCC(Oc2ccc(-c3n[nH]c4ccc(C(=O)NC(c5ccccn5)C5CC5)cc34)cc2)CC1. The predicted molar refractivity (Wildman–Crippen MR) is 155 cm³/mol. The summed E-state index contributed by atoms with van der Waals surface area (Å²) in [5.41, 5.74) is 3.48. The van der Waals surface area contributed by atoms with Crippen molar-refractivity contribution in [3.8, 4) is 17.0 Å². The van der Waals surface area contributed by atoms with Gasteiger partial charge in [-0.3, -0.25) is 14.9 Å². The molecule has 4 aromatic rings. The maximum Gasteiger partial charge on any atom is 0.251 e. The summed E-state index contributed by atoms with van der Waals surface area (Å²) in [7, 11) is 0. The van der Waals surface area contributed by atoms with E-state index in [0.717, 1.165) is 72.4 Å². The van der Waals surface area contributed by atoms with Crippen LogP contribution < -0.4 is 10.1 Å². The fourth-order valence-electron chi connectivity index (χ4n) is 5.64. The first-order chi connectivity index (χ1) is 19.3. The van der Waals surface area contributed by atoms with E-state index in [-0.39, 0.29) is 18.1 Å². The van der Waals surface area contributed by atoms with Crippen LogP contribution in [0.15, 0.2) is 66.9 Å². The number of H-pyrrole nitrogens is 1. The van der Waals surface area contributed by atoms with Crippen LogP contribution in [0.3, 0.4) is 0 Å². The van der Waals surface area contributed by atoms with Gasteiger partial charge in [-0.2, -0.15) is 5.10 Å². The van der Waals surface area contributed by atoms with Gasteiger partial charge in [0.1, 0.15) is 11.9 Å². The lowest BCUT2D eigenvalue weighted by molar-refractivity contribution is 0.0140. The molecule has 6 rings (SSSR count). The number of aromatic amines is 1. The van der Waals surface area contributed by atoms with Crippen LogP contribution in [0, 0.1) is 5.92 Å². The van der Waals surface area contributed by atoms with E-state index in [0.29, 0.717) is 18.0 Å². The Morgan fingerprint density at radius 1 is 1.10 bits per heavy atom. The molecule has 1 amide bonds. The van der Waals surface area contributed by atoms with Gasteiger partial charge < -0.3 is 20.1 Å². The van der Waals surface area contributed by atoms with Crippen LogP contribution in [0.25, 0.3) is 22.2 Å². The first-order valence-corrected chi connectivity index (χ1v) is 14.2. The number of aliphatic hydroxyl groups is 1. The lowest BCUT2D eigenvalue weighted by Gasteiger charge is -2.35.